The molecular weight excluding hydrogens is 316 g/mol. The van der Waals surface area contributed by atoms with E-state index in [9.17, 15) is 15.3 Å². The average molecular weight is 338 g/mol. The first kappa shape index (κ1) is 16.8. The molecule has 0 radical (unpaired) electrons. The molecule has 10 nitrogen and oxygen atoms in total. The van der Waals surface area contributed by atoms with E-state index in [0.29, 0.717) is 23.7 Å². The van der Waals surface area contributed by atoms with Crippen LogP contribution >= 0.6 is 0 Å². The maximum Gasteiger partial charge on any atom is 0.207 e. The zero-order chi connectivity index (χ0) is 17.3. The number of ether oxygens (including phenoxy) is 1. The molecule has 2 aromatic heterocycles. The Morgan fingerprint density at radius 2 is 2.12 bits per heavy atom. The number of nitrogens with one attached hydrogen (secondary N) is 1. The van der Waals surface area contributed by atoms with Crippen LogP contribution < -0.4 is 11.1 Å². The molecule has 1 aliphatic heterocycles. The van der Waals surface area contributed by atoms with E-state index >= 15 is 0 Å². The Labute approximate surface area is 138 Å². The number of imidazole rings is 1. The van der Waals surface area contributed by atoms with Crippen molar-refractivity contribution in [1.29, 1.82) is 0 Å². The van der Waals surface area contributed by atoms with Gasteiger partial charge in [0.2, 0.25) is 5.95 Å². The third-order valence-corrected chi connectivity index (χ3v) is 4.09. The molecule has 0 spiro atoms. The lowest BCUT2D eigenvalue weighted by Crippen LogP contribution is -2.33. The van der Waals surface area contributed by atoms with Crippen molar-refractivity contribution >= 4 is 22.9 Å². The fourth-order valence-corrected chi connectivity index (χ4v) is 2.76. The molecule has 0 amide bonds. The number of rotatable bonds is 6. The maximum absolute atomic E-state index is 10.3. The summed E-state index contributed by atoms with van der Waals surface area (Å²) in [6, 6.07) is 0. The highest BCUT2D eigenvalue weighted by Crippen LogP contribution is 2.34. The first-order valence-corrected chi connectivity index (χ1v) is 7.93. The smallest absolute Gasteiger partial charge is 0.207 e. The fourth-order valence-electron chi connectivity index (χ4n) is 2.76. The zero-order valence-corrected chi connectivity index (χ0v) is 13.3. The first-order valence-electron chi connectivity index (χ1n) is 7.93. The molecular formula is C14H22N6O4. The average Bonchev–Trinajstić information content (AvgIpc) is 3.07. The van der Waals surface area contributed by atoms with Gasteiger partial charge in [-0.25, -0.2) is 15.0 Å². The summed E-state index contributed by atoms with van der Waals surface area (Å²) in [5.41, 5.74) is 6.63. The van der Waals surface area contributed by atoms with Crippen LogP contribution in [0.25, 0.3) is 11.2 Å². The monoisotopic (exact) mass is 338 g/mol. The number of aromatic nitrogens is 4. The fraction of sp³-hybridized carbons (Fsp3) is 0.643. The van der Waals surface area contributed by atoms with E-state index in [2.05, 4.69) is 27.2 Å². The van der Waals surface area contributed by atoms with Gasteiger partial charge in [-0.2, -0.15) is 0 Å². The van der Waals surface area contributed by atoms with Gasteiger partial charge in [0.25, 0.3) is 0 Å². The summed E-state index contributed by atoms with van der Waals surface area (Å²) >= 11 is 0. The van der Waals surface area contributed by atoms with Gasteiger partial charge in [0.05, 0.1) is 6.61 Å². The van der Waals surface area contributed by atoms with Gasteiger partial charge in [-0.3, -0.25) is 4.57 Å². The molecule has 10 heteroatoms. The lowest BCUT2D eigenvalue weighted by Gasteiger charge is -2.19. The summed E-state index contributed by atoms with van der Waals surface area (Å²) in [5, 5.41) is 32.8. The molecule has 0 bridgehead atoms. The molecule has 1 aliphatic rings. The van der Waals surface area contributed by atoms with Crippen molar-refractivity contribution in [3.8, 4) is 0 Å². The normalized spacial score (nSPS) is 27.0. The second-order valence-electron chi connectivity index (χ2n) is 5.75. The van der Waals surface area contributed by atoms with Gasteiger partial charge in [-0.05, 0) is 6.42 Å². The number of hydrogen-bond acceptors (Lipinski definition) is 9. The van der Waals surface area contributed by atoms with E-state index in [1.807, 2.05) is 0 Å². The predicted octanol–water partition coefficient (Wildman–Crippen LogP) is -0.768. The van der Waals surface area contributed by atoms with Crippen molar-refractivity contribution in [2.24, 2.45) is 0 Å². The van der Waals surface area contributed by atoms with Gasteiger partial charge in [0.1, 0.15) is 24.6 Å². The predicted molar refractivity (Wildman–Crippen MR) is 86.1 cm³/mol. The number of aliphatic hydroxyl groups excluding tert-OH is 3. The molecule has 3 heterocycles. The van der Waals surface area contributed by atoms with Crippen molar-refractivity contribution in [3.05, 3.63) is 6.33 Å². The van der Waals surface area contributed by atoms with Crippen LogP contribution in [0, 0.1) is 0 Å². The van der Waals surface area contributed by atoms with Crippen LogP contribution in [0.3, 0.4) is 0 Å². The Morgan fingerprint density at radius 3 is 2.79 bits per heavy atom. The highest BCUT2D eigenvalue weighted by molar-refractivity contribution is 5.84. The molecule has 2 aromatic rings. The number of nitrogens with two attached hydrogens (primary N) is 1. The van der Waals surface area contributed by atoms with Crippen molar-refractivity contribution in [1.82, 2.24) is 19.5 Å². The van der Waals surface area contributed by atoms with Gasteiger partial charge in [-0.1, -0.05) is 13.3 Å². The summed E-state index contributed by atoms with van der Waals surface area (Å²) in [6.07, 6.45) is -1.04. The second-order valence-corrected chi connectivity index (χ2v) is 5.75. The Hall–Kier alpha value is -2.01. The van der Waals surface area contributed by atoms with E-state index in [1.165, 1.54) is 6.33 Å². The van der Waals surface area contributed by atoms with Crippen LogP contribution in [0.5, 0.6) is 0 Å². The third kappa shape index (κ3) is 2.77. The number of fused-ring (bicyclic) bond motifs is 1. The van der Waals surface area contributed by atoms with Gasteiger partial charge in [-0.15, -0.1) is 0 Å². The lowest BCUT2D eigenvalue weighted by molar-refractivity contribution is -0.0501. The molecule has 1 fully saturated rings. The van der Waals surface area contributed by atoms with Gasteiger partial charge in [0, 0.05) is 6.54 Å². The lowest BCUT2D eigenvalue weighted by atomic mass is 10.1. The third-order valence-electron chi connectivity index (χ3n) is 4.09. The molecule has 0 unspecified atom stereocenters. The quantitative estimate of drug-likeness (QED) is 0.428. The zero-order valence-electron chi connectivity index (χ0n) is 13.3. The summed E-state index contributed by atoms with van der Waals surface area (Å²) < 4.78 is 7.15. The number of nitrogen functional groups attached to an aromatic ring is 1. The van der Waals surface area contributed by atoms with Crippen LogP contribution in [-0.2, 0) is 4.74 Å². The van der Waals surface area contributed by atoms with Crippen molar-refractivity contribution in [3.63, 3.8) is 0 Å². The molecule has 3 rings (SSSR count). The van der Waals surface area contributed by atoms with Gasteiger partial charge < -0.3 is 31.1 Å². The minimum Gasteiger partial charge on any atom is -0.394 e. The van der Waals surface area contributed by atoms with Crippen molar-refractivity contribution < 1.29 is 20.1 Å². The summed E-state index contributed by atoms with van der Waals surface area (Å²) in [7, 11) is 0. The van der Waals surface area contributed by atoms with Crippen LogP contribution in [0.4, 0.5) is 11.8 Å². The highest BCUT2D eigenvalue weighted by Gasteiger charge is 2.45. The van der Waals surface area contributed by atoms with E-state index in [4.69, 9.17) is 10.5 Å². The Bertz CT molecular complexity index is 708. The minimum absolute atomic E-state index is 0.212. The van der Waals surface area contributed by atoms with E-state index in [-0.39, 0.29) is 5.82 Å². The van der Waals surface area contributed by atoms with Crippen molar-refractivity contribution in [2.75, 3.05) is 24.2 Å². The Kier molecular flexibility index (Phi) is 4.81. The summed E-state index contributed by atoms with van der Waals surface area (Å²) in [4.78, 5) is 12.5. The maximum atomic E-state index is 10.3. The van der Waals surface area contributed by atoms with Crippen molar-refractivity contribution in [2.45, 2.75) is 44.3 Å². The standard InChI is InChI=1S/C14H22N6O4/c1-2-3-4-16-14-19-8-11(15)17-6-18-12(8)20(14)13-10(23)9(22)7(5-21)24-13/h6-7,9-10,13,21-23H,2-5H2,1H3,(H,16,19)(H2,15,17,18)/t7-,9+,10+,13+/m0/s1. The SMILES string of the molecule is CCCCNc1nc2c(N)ncnc2n1[C@@H]1O[C@@H](CO)[C@@H](O)[C@H]1O. The van der Waals surface area contributed by atoms with Crippen LogP contribution in [0.2, 0.25) is 0 Å². The number of aliphatic hydroxyl groups is 3. The number of unbranched alkanes of at least 4 members (excludes halogenated alkanes) is 1. The van der Waals surface area contributed by atoms with Gasteiger partial charge in [0.15, 0.2) is 23.2 Å². The van der Waals surface area contributed by atoms with E-state index < -0.39 is 31.1 Å². The molecule has 4 atom stereocenters. The summed E-state index contributed by atoms with van der Waals surface area (Å²) in [6.45, 7) is 2.33. The first-order chi connectivity index (χ1) is 11.6. The Morgan fingerprint density at radius 1 is 1.33 bits per heavy atom. The molecule has 24 heavy (non-hydrogen) atoms. The summed E-state index contributed by atoms with van der Waals surface area (Å²) in [5.74, 6) is 0.629. The molecule has 0 aliphatic carbocycles. The highest BCUT2D eigenvalue weighted by atomic mass is 16.6. The number of nitrogens with zero attached hydrogens (tertiary/aromatic N) is 4. The Balaban J connectivity index is 2.04. The van der Waals surface area contributed by atoms with Gasteiger partial charge >= 0.3 is 0 Å². The van der Waals surface area contributed by atoms with Crippen LogP contribution in [0.1, 0.15) is 26.0 Å². The van der Waals surface area contributed by atoms with Crippen LogP contribution in [-0.4, -0.2) is 66.3 Å². The van der Waals surface area contributed by atoms with E-state index in [1.54, 1.807) is 4.57 Å². The topological polar surface area (TPSA) is 152 Å². The largest absolute Gasteiger partial charge is 0.394 e. The minimum atomic E-state index is -1.23. The number of anilines is 2. The molecule has 1 saturated heterocycles. The second kappa shape index (κ2) is 6.85. The molecule has 0 aromatic carbocycles. The van der Waals surface area contributed by atoms with E-state index in [0.717, 1.165) is 12.8 Å². The molecule has 0 saturated carbocycles. The van der Waals surface area contributed by atoms with Crippen LogP contribution in [0.15, 0.2) is 6.33 Å². The molecule has 6 N–H and O–H groups in total. The number of hydrogen-bond donors (Lipinski definition) is 5. The molecule has 132 valence electrons.